The van der Waals surface area contributed by atoms with E-state index in [0.717, 1.165) is 16.9 Å². The minimum atomic E-state index is -0.206. The number of amides is 1. The van der Waals surface area contributed by atoms with Gasteiger partial charge in [-0.3, -0.25) is 4.79 Å². The Morgan fingerprint density at radius 1 is 1.59 bits per heavy atom. The molecule has 17 heavy (non-hydrogen) atoms. The van der Waals surface area contributed by atoms with Crippen LogP contribution in [0.2, 0.25) is 0 Å². The summed E-state index contributed by atoms with van der Waals surface area (Å²) >= 11 is 1.49. The largest absolute Gasteiger partial charge is 0.330 e. The Balaban J connectivity index is 2.45. The lowest BCUT2D eigenvalue weighted by molar-refractivity contribution is -0.117. The van der Waals surface area contributed by atoms with Crippen LogP contribution in [-0.2, 0) is 11.2 Å². The Labute approximate surface area is 104 Å². The molecule has 1 unspecified atom stereocenters. The molecule has 1 aromatic carbocycles. The monoisotopic (exact) mass is 247 g/mol. The number of nitrogens with two attached hydrogens (primary N) is 1. The summed E-state index contributed by atoms with van der Waals surface area (Å²) in [5.41, 5.74) is 7.24. The molecule has 1 aromatic rings. The van der Waals surface area contributed by atoms with Crippen LogP contribution >= 0.6 is 11.8 Å². The van der Waals surface area contributed by atoms with E-state index in [4.69, 9.17) is 11.0 Å². The van der Waals surface area contributed by atoms with E-state index in [1.54, 1.807) is 0 Å². The predicted molar refractivity (Wildman–Crippen MR) is 67.6 cm³/mol. The van der Waals surface area contributed by atoms with Crippen LogP contribution in [0.25, 0.3) is 0 Å². The molecule has 2 rings (SSSR count). The number of benzene rings is 1. The number of hydrogen-bond donors (Lipinski definition) is 1. The van der Waals surface area contributed by atoms with Gasteiger partial charge in [0.1, 0.15) is 0 Å². The number of rotatable bonds is 2. The van der Waals surface area contributed by atoms with E-state index in [1.807, 2.05) is 31.3 Å². The SMILES string of the molecule is CC1Sc2ccc(CCN)cc2N(C#N)C1=O. The maximum absolute atomic E-state index is 11.8. The molecule has 4 nitrogen and oxygen atoms in total. The zero-order valence-electron chi connectivity index (χ0n) is 9.51. The molecule has 0 bridgehead atoms. The van der Waals surface area contributed by atoms with Crippen LogP contribution in [0.1, 0.15) is 12.5 Å². The van der Waals surface area contributed by atoms with Gasteiger partial charge < -0.3 is 5.73 Å². The molecule has 88 valence electrons. The van der Waals surface area contributed by atoms with Gasteiger partial charge in [0.2, 0.25) is 0 Å². The Hall–Kier alpha value is -1.51. The molecule has 2 N–H and O–H groups in total. The molecule has 1 amide bonds. The minimum absolute atomic E-state index is 0.158. The molecule has 0 fully saturated rings. The van der Waals surface area contributed by atoms with E-state index in [2.05, 4.69) is 0 Å². The van der Waals surface area contributed by atoms with Crippen LogP contribution in [0, 0.1) is 11.5 Å². The first-order chi connectivity index (χ1) is 8.17. The lowest BCUT2D eigenvalue weighted by Crippen LogP contribution is -2.36. The standard InChI is InChI=1S/C12H13N3OS/c1-8-12(16)15(7-14)10-6-9(4-5-13)2-3-11(10)17-8/h2-3,6,8H,4-5,13H2,1H3. The molecular formula is C12H13N3OS. The molecule has 1 aliphatic rings. The van der Waals surface area contributed by atoms with Crippen molar-refractivity contribution >= 4 is 23.4 Å². The highest BCUT2D eigenvalue weighted by Crippen LogP contribution is 2.39. The third-order valence-corrected chi connectivity index (χ3v) is 3.82. The molecule has 0 aromatic heterocycles. The summed E-state index contributed by atoms with van der Waals surface area (Å²) in [6, 6.07) is 5.83. The maximum atomic E-state index is 11.8. The topological polar surface area (TPSA) is 70.1 Å². The zero-order chi connectivity index (χ0) is 12.4. The van der Waals surface area contributed by atoms with Crippen LogP contribution in [0.3, 0.4) is 0 Å². The van der Waals surface area contributed by atoms with Gasteiger partial charge in [0.25, 0.3) is 5.91 Å². The van der Waals surface area contributed by atoms with E-state index >= 15 is 0 Å². The van der Waals surface area contributed by atoms with Crippen LogP contribution in [0.15, 0.2) is 23.1 Å². The molecule has 0 saturated carbocycles. The lowest BCUT2D eigenvalue weighted by Gasteiger charge is -2.27. The summed E-state index contributed by atoms with van der Waals surface area (Å²) in [5.74, 6) is -0.158. The molecule has 1 heterocycles. The smallest absolute Gasteiger partial charge is 0.253 e. The fourth-order valence-electron chi connectivity index (χ4n) is 1.80. The van der Waals surface area contributed by atoms with Crippen molar-refractivity contribution < 1.29 is 4.79 Å². The third kappa shape index (κ3) is 2.14. The summed E-state index contributed by atoms with van der Waals surface area (Å²) < 4.78 is 0. The van der Waals surface area contributed by atoms with Gasteiger partial charge in [-0.15, -0.1) is 11.8 Å². The number of thioether (sulfide) groups is 1. The van der Waals surface area contributed by atoms with Gasteiger partial charge in [0.05, 0.1) is 10.9 Å². The summed E-state index contributed by atoms with van der Waals surface area (Å²) in [7, 11) is 0. The fraction of sp³-hybridized carbons (Fsp3) is 0.333. The van der Waals surface area contributed by atoms with Gasteiger partial charge in [-0.25, -0.2) is 4.90 Å². The summed E-state index contributed by atoms with van der Waals surface area (Å²) in [5, 5.41) is 8.86. The van der Waals surface area contributed by atoms with Crippen molar-refractivity contribution in [2.45, 2.75) is 23.5 Å². The van der Waals surface area contributed by atoms with E-state index in [0.29, 0.717) is 12.2 Å². The first kappa shape index (κ1) is 12.0. The number of nitrogens with zero attached hydrogens (tertiary/aromatic N) is 2. The average molecular weight is 247 g/mol. The molecule has 0 spiro atoms. The van der Waals surface area contributed by atoms with E-state index in [9.17, 15) is 4.79 Å². The fourth-order valence-corrected chi connectivity index (χ4v) is 2.81. The number of carbonyl (C=O) groups is 1. The van der Waals surface area contributed by atoms with Crippen molar-refractivity contribution in [2.24, 2.45) is 5.73 Å². The van der Waals surface area contributed by atoms with Crippen LogP contribution < -0.4 is 10.6 Å². The van der Waals surface area contributed by atoms with Crippen molar-refractivity contribution in [2.75, 3.05) is 11.4 Å². The summed E-state index contributed by atoms with van der Waals surface area (Å²) in [6.07, 6.45) is 2.70. The quantitative estimate of drug-likeness (QED) is 0.804. The van der Waals surface area contributed by atoms with Crippen LogP contribution in [0.5, 0.6) is 0 Å². The number of carbonyl (C=O) groups excluding carboxylic acids is 1. The van der Waals surface area contributed by atoms with Gasteiger partial charge in [-0.2, -0.15) is 5.26 Å². The van der Waals surface area contributed by atoms with Crippen LogP contribution in [-0.4, -0.2) is 17.7 Å². The molecule has 0 aliphatic carbocycles. The van der Waals surface area contributed by atoms with Crippen molar-refractivity contribution in [3.05, 3.63) is 23.8 Å². The Morgan fingerprint density at radius 2 is 2.35 bits per heavy atom. The van der Waals surface area contributed by atoms with Gasteiger partial charge in [-0.1, -0.05) is 6.07 Å². The zero-order valence-corrected chi connectivity index (χ0v) is 10.3. The molecule has 1 aliphatic heterocycles. The predicted octanol–water partition coefficient (Wildman–Crippen LogP) is 1.50. The van der Waals surface area contributed by atoms with Crippen molar-refractivity contribution in [1.29, 1.82) is 5.26 Å². The summed E-state index contributed by atoms with van der Waals surface area (Å²) in [6.45, 7) is 2.37. The van der Waals surface area contributed by atoms with Crippen molar-refractivity contribution in [3.8, 4) is 6.19 Å². The average Bonchev–Trinajstić information content (AvgIpc) is 2.32. The second-order valence-corrected chi connectivity index (χ2v) is 5.26. The first-order valence-electron chi connectivity index (χ1n) is 5.40. The summed E-state index contributed by atoms with van der Waals surface area (Å²) in [4.78, 5) is 14.0. The van der Waals surface area contributed by atoms with Crippen LogP contribution in [0.4, 0.5) is 5.69 Å². The minimum Gasteiger partial charge on any atom is -0.330 e. The van der Waals surface area contributed by atoms with Gasteiger partial charge in [0, 0.05) is 4.90 Å². The third-order valence-electron chi connectivity index (χ3n) is 2.67. The van der Waals surface area contributed by atoms with E-state index in [1.165, 1.54) is 16.7 Å². The Morgan fingerprint density at radius 3 is 3.00 bits per heavy atom. The number of fused-ring (bicyclic) bond motifs is 1. The normalized spacial score (nSPS) is 18.8. The molecule has 5 heteroatoms. The van der Waals surface area contributed by atoms with Crippen molar-refractivity contribution in [3.63, 3.8) is 0 Å². The first-order valence-corrected chi connectivity index (χ1v) is 6.28. The van der Waals surface area contributed by atoms with Gasteiger partial charge in [0.15, 0.2) is 6.19 Å². The Bertz CT molecular complexity index is 495. The van der Waals surface area contributed by atoms with Crippen molar-refractivity contribution in [1.82, 2.24) is 0 Å². The highest BCUT2D eigenvalue weighted by Gasteiger charge is 2.30. The highest BCUT2D eigenvalue weighted by atomic mass is 32.2. The Kier molecular flexibility index (Phi) is 3.36. The second kappa shape index (κ2) is 4.78. The van der Waals surface area contributed by atoms with E-state index in [-0.39, 0.29) is 11.2 Å². The number of hydrogen-bond acceptors (Lipinski definition) is 4. The molecular weight excluding hydrogens is 234 g/mol. The van der Waals surface area contributed by atoms with Gasteiger partial charge in [-0.05, 0) is 37.6 Å². The molecule has 0 saturated heterocycles. The molecule has 0 radical (unpaired) electrons. The number of anilines is 1. The number of nitriles is 1. The molecule has 1 atom stereocenters. The second-order valence-electron chi connectivity index (χ2n) is 3.87. The lowest BCUT2D eigenvalue weighted by atomic mass is 10.1. The van der Waals surface area contributed by atoms with Gasteiger partial charge >= 0.3 is 0 Å². The highest BCUT2D eigenvalue weighted by molar-refractivity contribution is 8.01. The maximum Gasteiger partial charge on any atom is 0.253 e. The van der Waals surface area contributed by atoms with E-state index < -0.39 is 0 Å².